The van der Waals surface area contributed by atoms with E-state index in [1.54, 1.807) is 6.33 Å². The number of hydrogen-bond donors (Lipinski definition) is 2. The van der Waals surface area contributed by atoms with Crippen molar-refractivity contribution in [1.82, 2.24) is 15.0 Å². The van der Waals surface area contributed by atoms with E-state index in [1.165, 1.54) is 0 Å². The molecule has 0 aliphatic carbocycles. The van der Waals surface area contributed by atoms with E-state index in [0.29, 0.717) is 0 Å². The van der Waals surface area contributed by atoms with Gasteiger partial charge in [-0.2, -0.15) is 0 Å². The summed E-state index contributed by atoms with van der Waals surface area (Å²) in [5, 5.41) is 0.952. The summed E-state index contributed by atoms with van der Waals surface area (Å²) >= 11 is 0. The van der Waals surface area contributed by atoms with Crippen LogP contribution in [-0.4, -0.2) is 20.4 Å². The fourth-order valence-electron chi connectivity index (χ4n) is 3.27. The van der Waals surface area contributed by atoms with Gasteiger partial charge in [0, 0.05) is 5.69 Å². The number of aromatic amines is 1. The summed E-state index contributed by atoms with van der Waals surface area (Å²) in [6, 6.07) is 29.1. The molecule has 0 amide bonds. The zero-order valence-corrected chi connectivity index (χ0v) is 16.6. The van der Waals surface area contributed by atoms with Crippen molar-refractivity contribution in [3.63, 3.8) is 0 Å². The molecule has 0 aliphatic heterocycles. The van der Waals surface area contributed by atoms with Crippen LogP contribution in [0.3, 0.4) is 0 Å². The van der Waals surface area contributed by atoms with E-state index in [4.69, 9.17) is 0 Å². The van der Waals surface area contributed by atoms with Crippen molar-refractivity contribution < 1.29 is 5.48 Å². The highest BCUT2D eigenvalue weighted by Crippen LogP contribution is 2.32. The Morgan fingerprint density at radius 1 is 0.867 bits per heavy atom. The van der Waals surface area contributed by atoms with Crippen molar-refractivity contribution in [2.75, 3.05) is 5.43 Å². The molecule has 0 bridgehead atoms. The molecular formula is C23H19ClN5O+. The molecule has 148 valence electrons. The third kappa shape index (κ3) is 3.94. The fourth-order valence-corrected chi connectivity index (χ4v) is 3.27. The molecule has 0 saturated carbocycles. The number of halogens is 1. The van der Waals surface area contributed by atoms with Crippen LogP contribution in [0.2, 0.25) is 0 Å². The first-order valence-electron chi connectivity index (χ1n) is 8.97. The lowest BCUT2D eigenvalue weighted by molar-refractivity contribution is 0.824. The molecule has 30 heavy (non-hydrogen) atoms. The van der Waals surface area contributed by atoms with Gasteiger partial charge in [0.1, 0.15) is 23.1 Å². The Labute approximate surface area is 179 Å². The SMILES string of the molecule is C(#[N+]Nc1cc(-c2ccccc2)[nH]c2ccc3ncnc3c12)c1ccccc1.Cl.O. The minimum Gasteiger partial charge on any atom is -0.412 e. The lowest BCUT2D eigenvalue weighted by atomic mass is 10.1. The summed E-state index contributed by atoms with van der Waals surface area (Å²) < 4.78 is 0. The largest absolute Gasteiger partial charge is 0.412 e. The Hall–Kier alpha value is -3.92. The fraction of sp³-hybridized carbons (Fsp3) is 0. The van der Waals surface area contributed by atoms with Crippen molar-refractivity contribution >= 4 is 40.0 Å². The van der Waals surface area contributed by atoms with Crippen LogP contribution in [0.25, 0.3) is 38.1 Å². The summed E-state index contributed by atoms with van der Waals surface area (Å²) in [5.74, 6) is 0. The van der Waals surface area contributed by atoms with Crippen LogP contribution in [0.5, 0.6) is 0 Å². The number of imidazole rings is 1. The van der Waals surface area contributed by atoms with E-state index in [9.17, 15) is 0 Å². The van der Waals surface area contributed by atoms with Gasteiger partial charge < -0.3 is 10.5 Å². The second-order valence-corrected chi connectivity index (χ2v) is 6.39. The van der Waals surface area contributed by atoms with Gasteiger partial charge in [0.2, 0.25) is 0 Å². The standard InChI is InChI=1S/C23H16N5.ClH.H2O/c1-3-7-16(8-4-1)14-26-28-21-13-20(17-9-5-2-6-10-17)27-18-11-12-19-23(22(18)21)25-15-24-19;;/h1-13,15,27-28H;1H;1H2/q+1;;. The van der Waals surface area contributed by atoms with Crippen LogP contribution in [0.1, 0.15) is 5.56 Å². The molecule has 0 saturated heterocycles. The van der Waals surface area contributed by atoms with E-state index in [-0.39, 0.29) is 17.9 Å². The average Bonchev–Trinajstić information content (AvgIpc) is 3.24. The van der Waals surface area contributed by atoms with E-state index in [1.807, 2.05) is 66.7 Å². The molecule has 0 radical (unpaired) electrons. The maximum absolute atomic E-state index is 4.44. The van der Waals surface area contributed by atoms with Crippen molar-refractivity contribution in [3.05, 3.63) is 95.7 Å². The Morgan fingerprint density at radius 3 is 2.37 bits per heavy atom. The van der Waals surface area contributed by atoms with Crippen LogP contribution in [0.4, 0.5) is 5.69 Å². The summed E-state index contributed by atoms with van der Waals surface area (Å²) in [6.07, 6.45) is 1.58. The van der Waals surface area contributed by atoms with E-state index in [0.717, 1.165) is 44.4 Å². The molecule has 7 heteroatoms. The number of anilines is 1. The molecule has 0 spiro atoms. The van der Waals surface area contributed by atoms with E-state index in [2.05, 4.69) is 43.5 Å². The Morgan fingerprint density at radius 2 is 1.60 bits per heavy atom. The highest BCUT2D eigenvalue weighted by Gasteiger charge is 2.14. The highest BCUT2D eigenvalue weighted by atomic mass is 35.5. The number of pyridine rings is 1. The Balaban J connectivity index is 0.00000128. The van der Waals surface area contributed by atoms with Gasteiger partial charge in [0.25, 0.3) is 0 Å². The quantitative estimate of drug-likeness (QED) is 0.393. The molecule has 0 unspecified atom stereocenters. The molecule has 0 aliphatic rings. The predicted octanol–water partition coefficient (Wildman–Crippen LogP) is 5.08. The van der Waals surface area contributed by atoms with Gasteiger partial charge >= 0.3 is 6.07 Å². The second kappa shape index (κ2) is 9.05. The van der Waals surface area contributed by atoms with Crippen molar-refractivity contribution in [1.29, 1.82) is 0 Å². The molecule has 0 atom stereocenters. The average molecular weight is 417 g/mol. The third-order valence-corrected chi connectivity index (χ3v) is 4.59. The zero-order chi connectivity index (χ0) is 18.8. The maximum Gasteiger partial charge on any atom is 0.357 e. The van der Waals surface area contributed by atoms with Gasteiger partial charge in [-0.25, -0.2) is 9.97 Å². The molecule has 2 aromatic heterocycles. The number of fused-ring (bicyclic) bond motifs is 3. The summed E-state index contributed by atoms with van der Waals surface area (Å²) in [6.45, 7) is 0. The lowest BCUT2D eigenvalue weighted by Crippen LogP contribution is -1.93. The van der Waals surface area contributed by atoms with Crippen LogP contribution in [0.15, 0.2) is 85.2 Å². The van der Waals surface area contributed by atoms with Crippen molar-refractivity contribution in [2.24, 2.45) is 0 Å². The molecule has 5 aromatic rings. The van der Waals surface area contributed by atoms with Crippen molar-refractivity contribution in [2.45, 2.75) is 0 Å². The molecule has 0 fully saturated rings. The topological polar surface area (TPSA) is 89.5 Å². The van der Waals surface area contributed by atoms with Gasteiger partial charge in [0.05, 0.1) is 21.4 Å². The van der Waals surface area contributed by atoms with Gasteiger partial charge in [-0.05, 0) is 41.3 Å². The van der Waals surface area contributed by atoms with Gasteiger partial charge in [-0.15, -0.1) is 12.4 Å². The molecule has 5 rings (SSSR count). The Bertz CT molecular complexity index is 1340. The number of aromatic nitrogens is 3. The number of benzene rings is 3. The monoisotopic (exact) mass is 416 g/mol. The van der Waals surface area contributed by atoms with Gasteiger partial charge in [0.15, 0.2) is 0 Å². The summed E-state index contributed by atoms with van der Waals surface area (Å²) in [7, 11) is 0. The van der Waals surface area contributed by atoms with Gasteiger partial charge in [-0.3, -0.25) is 0 Å². The van der Waals surface area contributed by atoms with Crippen LogP contribution < -0.4 is 5.43 Å². The first kappa shape index (κ1) is 20.8. The molecule has 3 aromatic carbocycles. The van der Waals surface area contributed by atoms with Gasteiger partial charge in [-0.1, -0.05) is 48.5 Å². The van der Waals surface area contributed by atoms with Crippen LogP contribution in [-0.2, 0) is 0 Å². The van der Waals surface area contributed by atoms with Crippen LogP contribution in [0, 0.1) is 6.07 Å². The molecule has 2 heterocycles. The van der Waals surface area contributed by atoms with Crippen LogP contribution >= 0.6 is 12.4 Å². The normalized spacial score (nSPS) is 9.87. The highest BCUT2D eigenvalue weighted by molar-refractivity contribution is 6.10. The smallest absolute Gasteiger partial charge is 0.357 e. The van der Waals surface area contributed by atoms with Crippen molar-refractivity contribution in [3.8, 4) is 17.3 Å². The first-order valence-corrected chi connectivity index (χ1v) is 8.97. The number of rotatable bonds is 2. The number of nitrogens with zero attached hydrogens (tertiary/aromatic N) is 3. The lowest BCUT2D eigenvalue weighted by Gasteiger charge is -2.08. The zero-order valence-electron chi connectivity index (χ0n) is 15.8. The third-order valence-electron chi connectivity index (χ3n) is 4.59. The first-order chi connectivity index (χ1) is 13.9. The predicted molar refractivity (Wildman–Crippen MR) is 124 cm³/mol. The second-order valence-electron chi connectivity index (χ2n) is 6.39. The Kier molecular flexibility index (Phi) is 6.28. The minimum absolute atomic E-state index is 0. The summed E-state index contributed by atoms with van der Waals surface area (Å²) in [4.78, 5) is 16.6. The number of hydrogen-bond acceptors (Lipinski definition) is 3. The van der Waals surface area contributed by atoms with E-state index < -0.39 is 0 Å². The number of H-pyrrole nitrogens is 1. The van der Waals surface area contributed by atoms with E-state index >= 15 is 0 Å². The minimum atomic E-state index is 0. The summed E-state index contributed by atoms with van der Waals surface area (Å²) in [5.41, 5.74) is 9.65. The molecule has 4 N–H and O–H groups in total. The maximum atomic E-state index is 4.44. The number of nitrogens with one attached hydrogen (secondary N) is 2. The molecular weight excluding hydrogens is 398 g/mol. The molecule has 6 nitrogen and oxygen atoms in total.